The Morgan fingerprint density at radius 2 is 0.779 bits per heavy atom. The molecule has 2 heterocycles. The van der Waals surface area contributed by atoms with Crippen molar-refractivity contribution >= 4 is 0 Å². The first kappa shape index (κ1) is 43.7. The predicted octanol–water partition coefficient (Wildman–Crippen LogP) is 11.5. The summed E-state index contributed by atoms with van der Waals surface area (Å²) in [4.78, 5) is 0. The number of epoxide rings is 2. The van der Waals surface area contributed by atoms with E-state index in [4.69, 9.17) is 28.4 Å². The summed E-state index contributed by atoms with van der Waals surface area (Å²) < 4.78 is 35.4. The van der Waals surface area contributed by atoms with Gasteiger partial charge in [0.15, 0.2) is 0 Å². The van der Waals surface area contributed by atoms with Gasteiger partial charge in [0, 0.05) is 10.8 Å². The monoisotopic (exact) mass is 908 g/mol. The van der Waals surface area contributed by atoms with Gasteiger partial charge >= 0.3 is 0 Å². The number of benzene rings is 6. The SMILES string of the molecule is CC1CC(c2ccc(OCC(O)COc3ccc(C4(c5ccc(OCC6CO6)cc5)CC(C)c5cc6c(cc54)CCCC6)cc3)cc2)(c2ccc(OCC3CO3)cc2)c2cc3c(cc21)CCCC3. The molecule has 350 valence electrons. The van der Waals surface area contributed by atoms with Crippen molar-refractivity contribution in [2.45, 2.75) is 119 Å². The van der Waals surface area contributed by atoms with Crippen LogP contribution in [0.25, 0.3) is 0 Å². The van der Waals surface area contributed by atoms with Crippen LogP contribution in [0.15, 0.2) is 121 Å². The molecule has 7 nitrogen and oxygen atoms in total. The van der Waals surface area contributed by atoms with Crippen molar-refractivity contribution in [3.63, 3.8) is 0 Å². The maximum atomic E-state index is 11.2. The highest BCUT2D eigenvalue weighted by molar-refractivity contribution is 5.63. The van der Waals surface area contributed by atoms with E-state index >= 15 is 0 Å². The molecule has 6 aromatic carbocycles. The van der Waals surface area contributed by atoms with Crippen LogP contribution >= 0.6 is 0 Å². The summed E-state index contributed by atoms with van der Waals surface area (Å²) in [6, 6.07) is 44.8. The minimum atomic E-state index is -0.811. The molecule has 0 radical (unpaired) electrons. The quantitative estimate of drug-likeness (QED) is 0.0969. The van der Waals surface area contributed by atoms with Crippen LogP contribution in [0.2, 0.25) is 0 Å². The zero-order valence-corrected chi connectivity index (χ0v) is 39.6. The second-order valence-electron chi connectivity index (χ2n) is 20.8. The molecule has 68 heavy (non-hydrogen) atoms. The largest absolute Gasteiger partial charge is 0.491 e. The van der Waals surface area contributed by atoms with Crippen LogP contribution < -0.4 is 18.9 Å². The second kappa shape index (κ2) is 18.0. The minimum Gasteiger partial charge on any atom is -0.491 e. The fraction of sp³-hybridized carbons (Fsp3) is 0.410. The zero-order valence-electron chi connectivity index (χ0n) is 39.6. The Morgan fingerprint density at radius 3 is 1.10 bits per heavy atom. The Hall–Kier alpha value is -5.60. The standard InChI is InChI=1S/C61H64O7/c1-39-31-60(47-15-23-52(24-16-47)65-35-54-37-67-54,58-29-43-9-5-3-7-41(43)27-56(39)58)45-11-19-50(20-12-45)63-33-49(62)34-64-51-21-13-46(14-22-51)61(48-17-25-53(26-18-48)66-36-55-38-68-55)32-40(2)57-28-42-8-4-6-10-44(42)30-59(57)61/h11-30,39-40,49,54-55,62H,3-10,31-38H2,1-2H3. The molecule has 0 spiro atoms. The number of aliphatic hydroxyl groups excluding tert-OH is 1. The third-order valence-electron chi connectivity index (χ3n) is 16.2. The molecule has 0 bridgehead atoms. The lowest BCUT2D eigenvalue weighted by Gasteiger charge is -2.34. The molecule has 2 fully saturated rings. The van der Waals surface area contributed by atoms with Gasteiger partial charge in [-0.05, 0) is 191 Å². The lowest BCUT2D eigenvalue weighted by Crippen LogP contribution is -2.27. The molecule has 6 atom stereocenters. The molecule has 4 aliphatic carbocycles. The van der Waals surface area contributed by atoms with Crippen molar-refractivity contribution in [1.82, 2.24) is 0 Å². The third-order valence-corrected chi connectivity index (χ3v) is 16.2. The van der Waals surface area contributed by atoms with Crippen LogP contribution in [-0.4, -0.2) is 63.1 Å². The van der Waals surface area contributed by atoms with Crippen molar-refractivity contribution in [3.8, 4) is 23.0 Å². The summed E-state index contributed by atoms with van der Waals surface area (Å²) in [7, 11) is 0. The average Bonchev–Trinajstić information content (AvgIpc) is 4.34. The molecular formula is C61H64O7. The van der Waals surface area contributed by atoms with Gasteiger partial charge in [-0.1, -0.05) is 86.6 Å². The van der Waals surface area contributed by atoms with E-state index in [1.807, 2.05) is 0 Å². The summed E-state index contributed by atoms with van der Waals surface area (Å²) >= 11 is 0. The van der Waals surface area contributed by atoms with Crippen LogP contribution in [-0.2, 0) is 46.0 Å². The summed E-state index contributed by atoms with van der Waals surface area (Å²) in [5.74, 6) is 4.04. The first-order valence-corrected chi connectivity index (χ1v) is 25.5. The molecule has 6 aliphatic rings. The maximum Gasteiger partial charge on any atom is 0.122 e. The van der Waals surface area contributed by atoms with Gasteiger partial charge in [0.05, 0.1) is 13.2 Å². The van der Waals surface area contributed by atoms with E-state index in [1.54, 1.807) is 0 Å². The van der Waals surface area contributed by atoms with Crippen LogP contribution in [0.4, 0.5) is 0 Å². The molecule has 12 rings (SSSR count). The first-order chi connectivity index (χ1) is 33.3. The lowest BCUT2D eigenvalue weighted by molar-refractivity contribution is 0.0626. The van der Waals surface area contributed by atoms with Crippen LogP contribution in [0, 0.1) is 0 Å². The minimum absolute atomic E-state index is 0.122. The Balaban J connectivity index is 0.745. The number of aryl methyl sites for hydroxylation is 4. The fourth-order valence-corrected chi connectivity index (χ4v) is 12.4. The number of rotatable bonds is 16. The van der Waals surface area contributed by atoms with Crippen molar-refractivity contribution in [3.05, 3.63) is 188 Å². The van der Waals surface area contributed by atoms with E-state index < -0.39 is 6.10 Å². The highest BCUT2D eigenvalue weighted by atomic mass is 16.6. The average molecular weight is 909 g/mol. The number of hydrogen-bond acceptors (Lipinski definition) is 7. The van der Waals surface area contributed by atoms with Crippen molar-refractivity contribution in [2.75, 3.05) is 39.6 Å². The highest BCUT2D eigenvalue weighted by Gasteiger charge is 2.47. The van der Waals surface area contributed by atoms with E-state index in [2.05, 4.69) is 135 Å². The van der Waals surface area contributed by atoms with E-state index in [9.17, 15) is 5.11 Å². The van der Waals surface area contributed by atoms with E-state index in [1.165, 1.54) is 105 Å². The Labute approximate surface area is 401 Å². The van der Waals surface area contributed by atoms with Gasteiger partial charge in [0.25, 0.3) is 0 Å². The van der Waals surface area contributed by atoms with E-state index in [0.717, 1.165) is 61.9 Å². The Morgan fingerprint density at radius 1 is 0.471 bits per heavy atom. The molecule has 2 saturated heterocycles. The van der Waals surface area contributed by atoms with Gasteiger partial charge in [0.2, 0.25) is 0 Å². The van der Waals surface area contributed by atoms with Gasteiger partial charge < -0.3 is 33.5 Å². The summed E-state index contributed by atoms with van der Waals surface area (Å²) in [5, 5.41) is 11.2. The van der Waals surface area contributed by atoms with Crippen molar-refractivity contribution in [1.29, 1.82) is 0 Å². The number of fused-ring (bicyclic) bond motifs is 4. The first-order valence-electron chi connectivity index (χ1n) is 25.5. The predicted molar refractivity (Wildman–Crippen MR) is 265 cm³/mol. The highest BCUT2D eigenvalue weighted by Crippen LogP contribution is 2.57. The summed E-state index contributed by atoms with van der Waals surface area (Å²) in [6.45, 7) is 7.76. The maximum absolute atomic E-state index is 11.2. The van der Waals surface area contributed by atoms with Gasteiger partial charge in [-0.25, -0.2) is 0 Å². The molecule has 0 amide bonds. The Kier molecular flexibility index (Phi) is 11.6. The van der Waals surface area contributed by atoms with Gasteiger partial charge in [0.1, 0.15) is 67.7 Å². The zero-order chi connectivity index (χ0) is 45.8. The molecule has 7 heteroatoms. The molecule has 2 aliphatic heterocycles. The molecule has 1 N–H and O–H groups in total. The van der Waals surface area contributed by atoms with Crippen molar-refractivity contribution in [2.24, 2.45) is 0 Å². The van der Waals surface area contributed by atoms with Crippen LogP contribution in [0.3, 0.4) is 0 Å². The van der Waals surface area contributed by atoms with E-state index in [0.29, 0.717) is 25.0 Å². The van der Waals surface area contributed by atoms with Crippen LogP contribution in [0.1, 0.15) is 131 Å². The fourth-order valence-electron chi connectivity index (χ4n) is 12.4. The third kappa shape index (κ3) is 8.28. The molecule has 0 saturated carbocycles. The number of aliphatic hydroxyl groups is 1. The van der Waals surface area contributed by atoms with Gasteiger partial charge in [-0.3, -0.25) is 0 Å². The number of ether oxygens (including phenoxy) is 6. The normalized spacial score (nSPS) is 25.6. The summed E-state index contributed by atoms with van der Waals surface area (Å²) in [5.41, 5.74) is 16.3. The smallest absolute Gasteiger partial charge is 0.122 e. The molecular weight excluding hydrogens is 845 g/mol. The summed E-state index contributed by atoms with van der Waals surface area (Å²) in [6.07, 6.45) is 11.3. The molecule has 6 unspecified atom stereocenters. The van der Waals surface area contributed by atoms with Gasteiger partial charge in [-0.15, -0.1) is 0 Å². The van der Waals surface area contributed by atoms with E-state index in [-0.39, 0.29) is 36.3 Å². The number of hydrogen-bond donors (Lipinski definition) is 1. The van der Waals surface area contributed by atoms with Crippen LogP contribution in [0.5, 0.6) is 23.0 Å². The van der Waals surface area contributed by atoms with Crippen molar-refractivity contribution < 1.29 is 33.5 Å². The Bertz CT molecular complexity index is 2560. The topological polar surface area (TPSA) is 82.2 Å². The van der Waals surface area contributed by atoms with Gasteiger partial charge in [-0.2, -0.15) is 0 Å². The molecule has 6 aromatic rings. The lowest BCUT2D eigenvalue weighted by atomic mass is 9.69. The molecule has 0 aromatic heterocycles. The second-order valence-corrected chi connectivity index (χ2v) is 20.8.